The number of thioether (sulfide) groups is 1. The van der Waals surface area contributed by atoms with Crippen molar-refractivity contribution in [2.75, 3.05) is 13.2 Å². The van der Waals surface area contributed by atoms with Crippen molar-refractivity contribution in [2.45, 2.75) is 102 Å². The van der Waals surface area contributed by atoms with Gasteiger partial charge in [-0.3, -0.25) is 9.89 Å². The quantitative estimate of drug-likeness (QED) is 0.629. The van der Waals surface area contributed by atoms with Crippen LogP contribution in [0.15, 0.2) is 4.99 Å². The molecule has 0 aliphatic carbocycles. The van der Waals surface area contributed by atoms with Crippen molar-refractivity contribution in [3.8, 4) is 0 Å². The Hall–Kier alpha value is -0.683. The molecular weight excluding hydrogens is 427 g/mol. The van der Waals surface area contributed by atoms with Crippen molar-refractivity contribution in [1.82, 2.24) is 4.90 Å². The summed E-state index contributed by atoms with van der Waals surface area (Å²) in [5.41, 5.74) is -1.27. The Bertz CT molecular complexity index is 665. The van der Waals surface area contributed by atoms with Gasteiger partial charge < -0.3 is 19.0 Å². The van der Waals surface area contributed by atoms with Crippen LogP contribution in [0.1, 0.15) is 48.5 Å². The Balaban J connectivity index is 2.08. The van der Waals surface area contributed by atoms with Crippen molar-refractivity contribution in [2.24, 2.45) is 4.99 Å². The molecule has 2 heterocycles. The highest BCUT2D eigenvalue weighted by molar-refractivity contribution is 8.14. The van der Waals surface area contributed by atoms with Gasteiger partial charge in [0.25, 0.3) is 0 Å². The summed E-state index contributed by atoms with van der Waals surface area (Å²) < 4.78 is 32.6. The lowest BCUT2D eigenvalue weighted by atomic mass is 10.0. The van der Waals surface area contributed by atoms with E-state index in [2.05, 4.69) is 38.9 Å². The maximum Gasteiger partial charge on any atom is 0.416 e. The smallest absolute Gasteiger partial charge is 0.416 e. The normalized spacial score (nSPS) is 30.0. The highest BCUT2D eigenvalue weighted by Crippen LogP contribution is 2.41. The molecule has 1 N–H and O–H groups in total. The predicted octanol–water partition coefficient (Wildman–Crippen LogP) is 4.16. The number of alkyl halides is 1. The van der Waals surface area contributed by atoms with Crippen LogP contribution in [-0.2, 0) is 13.9 Å². The summed E-state index contributed by atoms with van der Waals surface area (Å²) in [6.45, 7) is 18.2. The second-order valence-corrected chi connectivity index (χ2v) is 16.2. The molecule has 1 fully saturated rings. The number of aliphatic hydroxyl groups excluding tert-OH is 1. The molecule has 0 aromatic heterocycles. The first-order valence-electron chi connectivity index (χ1n) is 10.4. The predicted molar refractivity (Wildman–Crippen MR) is 120 cm³/mol. The van der Waals surface area contributed by atoms with Crippen molar-refractivity contribution in [3.05, 3.63) is 0 Å². The van der Waals surface area contributed by atoms with E-state index in [1.165, 1.54) is 16.7 Å². The van der Waals surface area contributed by atoms with Crippen molar-refractivity contribution in [3.63, 3.8) is 0 Å². The van der Waals surface area contributed by atoms with Gasteiger partial charge in [-0.05, 0) is 45.8 Å². The number of rotatable bonds is 4. The number of carbonyl (C=O) groups is 1. The number of halogens is 1. The maximum absolute atomic E-state index is 15.0. The van der Waals surface area contributed by atoms with Gasteiger partial charge in [-0.25, -0.2) is 9.18 Å². The molecule has 2 rings (SSSR count). The van der Waals surface area contributed by atoms with E-state index in [0.29, 0.717) is 11.7 Å². The molecule has 0 aromatic carbocycles. The Morgan fingerprint density at radius 2 is 1.90 bits per heavy atom. The number of aliphatic imine (C=N–C) groups is 1. The van der Waals surface area contributed by atoms with E-state index in [1.54, 1.807) is 27.7 Å². The minimum Gasteiger partial charge on any atom is -0.443 e. The van der Waals surface area contributed by atoms with Crippen LogP contribution in [-0.4, -0.2) is 78.2 Å². The van der Waals surface area contributed by atoms with Gasteiger partial charge in [0.2, 0.25) is 0 Å². The average Bonchev–Trinajstić information content (AvgIpc) is 2.98. The maximum atomic E-state index is 15.0. The summed E-state index contributed by atoms with van der Waals surface area (Å²) >= 11 is 1.19. The fraction of sp³-hybridized carbons (Fsp3) is 0.900. The molecule has 30 heavy (non-hydrogen) atoms. The van der Waals surface area contributed by atoms with Crippen molar-refractivity contribution >= 4 is 31.3 Å². The zero-order valence-corrected chi connectivity index (χ0v) is 21.4. The molecule has 174 valence electrons. The number of fused-ring (bicyclic) bond motifs is 1. The number of carbonyl (C=O) groups excluding carboxylic acids is 1. The largest absolute Gasteiger partial charge is 0.443 e. The van der Waals surface area contributed by atoms with Gasteiger partial charge in [0.15, 0.2) is 19.7 Å². The Morgan fingerprint density at radius 3 is 2.40 bits per heavy atom. The second-order valence-electron chi connectivity index (χ2n) is 10.3. The Labute approximate surface area is 184 Å². The number of hydrogen-bond acceptors (Lipinski definition) is 7. The van der Waals surface area contributed by atoms with Crippen LogP contribution in [0.2, 0.25) is 18.1 Å². The molecule has 0 saturated carbocycles. The van der Waals surface area contributed by atoms with Crippen molar-refractivity contribution in [1.29, 1.82) is 0 Å². The summed E-state index contributed by atoms with van der Waals surface area (Å²) in [4.78, 5) is 18.2. The van der Waals surface area contributed by atoms with Gasteiger partial charge in [-0.15, -0.1) is 0 Å². The summed E-state index contributed by atoms with van der Waals surface area (Å²) in [7, 11) is -2.07. The lowest BCUT2D eigenvalue weighted by Gasteiger charge is -2.41. The van der Waals surface area contributed by atoms with E-state index in [9.17, 15) is 9.90 Å². The van der Waals surface area contributed by atoms with E-state index in [-0.39, 0.29) is 11.6 Å². The third-order valence-electron chi connectivity index (χ3n) is 5.68. The van der Waals surface area contributed by atoms with Crippen LogP contribution >= 0.6 is 11.8 Å². The van der Waals surface area contributed by atoms with E-state index < -0.39 is 49.9 Å². The Morgan fingerprint density at radius 1 is 1.30 bits per heavy atom. The van der Waals surface area contributed by atoms with Crippen LogP contribution in [0.4, 0.5) is 9.18 Å². The minimum atomic E-state index is -2.07. The Kier molecular flexibility index (Phi) is 7.72. The summed E-state index contributed by atoms with van der Waals surface area (Å²) in [5, 5.41) is 10.8. The zero-order valence-electron chi connectivity index (χ0n) is 19.6. The molecule has 1 amide bonds. The van der Waals surface area contributed by atoms with Gasteiger partial charge in [-0.1, -0.05) is 32.5 Å². The molecule has 0 bridgehead atoms. The molecule has 0 radical (unpaired) electrons. The average molecular weight is 465 g/mol. The highest BCUT2D eigenvalue weighted by atomic mass is 32.2. The molecule has 10 heteroatoms. The van der Waals surface area contributed by atoms with E-state index in [4.69, 9.17) is 13.9 Å². The van der Waals surface area contributed by atoms with Gasteiger partial charge >= 0.3 is 6.09 Å². The van der Waals surface area contributed by atoms with Gasteiger partial charge in [-0.2, -0.15) is 0 Å². The molecule has 5 atom stereocenters. The number of nitrogens with zero attached hydrogens (tertiary/aromatic N) is 2. The zero-order chi connectivity index (χ0) is 23.1. The molecule has 2 aliphatic rings. The van der Waals surface area contributed by atoms with Gasteiger partial charge in [0.1, 0.15) is 29.3 Å². The van der Waals surface area contributed by atoms with E-state index in [0.717, 1.165) is 0 Å². The van der Waals surface area contributed by atoms with Gasteiger partial charge in [0.05, 0.1) is 6.61 Å². The lowest BCUT2D eigenvalue weighted by molar-refractivity contribution is -0.143. The fourth-order valence-corrected chi connectivity index (χ4v) is 5.10. The first kappa shape index (κ1) is 25.6. The summed E-state index contributed by atoms with van der Waals surface area (Å²) in [6, 6.07) is -0.874. The minimum absolute atomic E-state index is 0.00228. The first-order valence-corrected chi connectivity index (χ1v) is 14.2. The lowest BCUT2D eigenvalue weighted by Crippen LogP contribution is -2.55. The van der Waals surface area contributed by atoms with E-state index >= 15 is 4.39 Å². The molecule has 2 aliphatic heterocycles. The molecule has 0 spiro atoms. The SMILES string of the molecule is CCN(C(=O)OC(C)(C)C)C1=N[C@@H]2[C@@H](F)[C@H](O)[C@@H](CO[Si](C)(C)C(C)(C)C)O[C@@H]2S1. The van der Waals surface area contributed by atoms with Crippen molar-refractivity contribution < 1.29 is 28.2 Å². The molecular formula is C20H37FN2O5SSi. The number of amidine groups is 1. The second kappa shape index (κ2) is 9.05. The topological polar surface area (TPSA) is 80.6 Å². The van der Waals surface area contributed by atoms with Gasteiger partial charge in [0, 0.05) is 6.54 Å². The number of amides is 1. The fourth-order valence-electron chi connectivity index (χ4n) is 2.82. The number of hydrogen-bond donors (Lipinski definition) is 1. The summed E-state index contributed by atoms with van der Waals surface area (Å²) in [5.74, 6) is 0. The van der Waals surface area contributed by atoms with E-state index in [1.807, 2.05) is 0 Å². The number of aliphatic hydroxyl groups is 1. The third kappa shape index (κ3) is 5.76. The first-order chi connectivity index (χ1) is 13.6. The monoisotopic (exact) mass is 464 g/mol. The standard InChI is InChI=1S/C20H37FN2O5SSi/c1-10-23(18(25)28-19(2,3)4)17-22-14-13(21)15(24)12(27-16(14)29-17)11-26-30(8,9)20(5,6)7/h12-16,24H,10-11H2,1-9H3/t12-,13-,14-,15-,16-/m1/s1. The molecule has 0 unspecified atom stereocenters. The third-order valence-corrected chi connectivity index (χ3v) is 11.3. The highest BCUT2D eigenvalue weighted by Gasteiger charge is 2.51. The molecule has 1 saturated heterocycles. The van der Waals surface area contributed by atoms with Crippen LogP contribution in [0.3, 0.4) is 0 Å². The molecule has 7 nitrogen and oxygen atoms in total. The van der Waals surface area contributed by atoms with Crippen LogP contribution in [0, 0.1) is 0 Å². The summed E-state index contributed by atoms with van der Waals surface area (Å²) in [6.07, 6.45) is -4.26. The molecule has 0 aromatic rings. The van der Waals surface area contributed by atoms with Crippen LogP contribution in [0.5, 0.6) is 0 Å². The van der Waals surface area contributed by atoms with Crippen LogP contribution in [0.25, 0.3) is 0 Å². The van der Waals surface area contributed by atoms with Crippen LogP contribution < -0.4 is 0 Å². The number of ether oxygens (including phenoxy) is 2.